The van der Waals surface area contributed by atoms with Gasteiger partial charge in [-0.05, 0) is 31.4 Å². The molecule has 0 unspecified atom stereocenters. The first-order chi connectivity index (χ1) is 11.7. The molecule has 2 N–H and O–H groups in total. The van der Waals surface area contributed by atoms with E-state index in [9.17, 15) is 32.6 Å². The number of carbonyl (C=O) groups is 1. The lowest BCUT2D eigenvalue weighted by molar-refractivity contribution is -0.253. The molecule has 1 amide bonds. The second-order valence-corrected chi connectivity index (χ2v) is 5.99. The van der Waals surface area contributed by atoms with Crippen LogP contribution >= 0.6 is 0 Å². The molecule has 0 aromatic heterocycles. The summed E-state index contributed by atoms with van der Waals surface area (Å²) in [7, 11) is 0. The molecule has 0 radical (unpaired) electrons. The van der Waals surface area contributed by atoms with Gasteiger partial charge in [-0.1, -0.05) is 12.1 Å². The summed E-state index contributed by atoms with van der Waals surface area (Å²) in [6.07, 6.45) is -7.94. The zero-order valence-electron chi connectivity index (χ0n) is 13.3. The Hall–Kier alpha value is -1.87. The van der Waals surface area contributed by atoms with E-state index in [1.165, 1.54) is 23.1 Å². The maximum Gasteiger partial charge on any atom is 0.461 e. The first-order valence-electron chi connectivity index (χ1n) is 7.75. The number of halogens is 4. The van der Waals surface area contributed by atoms with Crippen molar-refractivity contribution in [1.82, 2.24) is 4.90 Å². The quantitative estimate of drug-likeness (QED) is 0.786. The number of likely N-dealkylation sites (tertiary alicyclic amines) is 1. The van der Waals surface area contributed by atoms with Crippen LogP contribution in [-0.4, -0.2) is 58.9 Å². The van der Waals surface area contributed by atoms with Gasteiger partial charge in [0.15, 0.2) is 0 Å². The van der Waals surface area contributed by atoms with Gasteiger partial charge in [-0.3, -0.25) is 4.79 Å². The van der Waals surface area contributed by atoms with Crippen molar-refractivity contribution in [3.63, 3.8) is 0 Å². The molecular formula is C16H19F4NO4. The molecule has 1 aromatic carbocycles. The molecular weight excluding hydrogens is 346 g/mol. The molecule has 5 nitrogen and oxygen atoms in total. The summed E-state index contributed by atoms with van der Waals surface area (Å²) >= 11 is 0. The monoisotopic (exact) mass is 365 g/mol. The molecule has 0 spiro atoms. The molecule has 2 rings (SSSR count). The van der Waals surface area contributed by atoms with Gasteiger partial charge in [-0.15, -0.1) is 0 Å². The lowest BCUT2D eigenvalue weighted by atomic mass is 9.96. The molecule has 1 heterocycles. The molecule has 1 fully saturated rings. The van der Waals surface area contributed by atoms with Crippen molar-refractivity contribution >= 4 is 5.91 Å². The van der Waals surface area contributed by atoms with Crippen molar-refractivity contribution in [2.24, 2.45) is 0 Å². The van der Waals surface area contributed by atoms with E-state index in [-0.39, 0.29) is 31.5 Å². The Morgan fingerprint density at radius 1 is 1.28 bits per heavy atom. The molecule has 1 aliphatic heterocycles. The Bertz CT molecular complexity index is 614. The van der Waals surface area contributed by atoms with Crippen LogP contribution in [0.2, 0.25) is 0 Å². The summed E-state index contributed by atoms with van der Waals surface area (Å²) in [6.45, 7) is -0.120. The fraction of sp³-hybridized carbons (Fsp3) is 0.562. The highest BCUT2D eigenvalue weighted by Crippen LogP contribution is 2.31. The number of benzene rings is 1. The first kappa shape index (κ1) is 19.5. The number of amides is 1. The van der Waals surface area contributed by atoms with Crippen molar-refractivity contribution in [2.75, 3.05) is 19.7 Å². The average molecular weight is 365 g/mol. The van der Waals surface area contributed by atoms with Crippen molar-refractivity contribution < 1.29 is 37.3 Å². The number of alkyl halides is 4. The predicted octanol–water partition coefficient (Wildman–Crippen LogP) is 2.27. The van der Waals surface area contributed by atoms with Crippen molar-refractivity contribution in [3.05, 3.63) is 29.8 Å². The SMILES string of the molecule is O=C(c1ccccc1OC(F)(F)C(F)F)N1CCC[C@](O)(CO)CC1. The third-order valence-electron chi connectivity index (χ3n) is 4.12. The molecule has 0 saturated carbocycles. The van der Waals surface area contributed by atoms with E-state index in [2.05, 4.69) is 4.74 Å². The molecule has 1 aliphatic rings. The van der Waals surface area contributed by atoms with Crippen molar-refractivity contribution in [2.45, 2.75) is 37.4 Å². The Labute approximate surface area is 141 Å². The summed E-state index contributed by atoms with van der Waals surface area (Å²) in [5.74, 6) is -1.30. The minimum absolute atomic E-state index is 0.0927. The van der Waals surface area contributed by atoms with Gasteiger partial charge in [0.1, 0.15) is 5.75 Å². The summed E-state index contributed by atoms with van der Waals surface area (Å²) in [5, 5.41) is 19.3. The third-order valence-corrected chi connectivity index (χ3v) is 4.12. The number of hydrogen-bond acceptors (Lipinski definition) is 4. The van der Waals surface area contributed by atoms with E-state index < -0.39 is 36.4 Å². The lowest BCUT2D eigenvalue weighted by Gasteiger charge is -2.25. The van der Waals surface area contributed by atoms with Crippen LogP contribution in [0.25, 0.3) is 0 Å². The Morgan fingerprint density at radius 2 is 1.96 bits per heavy atom. The molecule has 9 heteroatoms. The van der Waals surface area contributed by atoms with Gasteiger partial charge in [0.2, 0.25) is 0 Å². The molecule has 25 heavy (non-hydrogen) atoms. The van der Waals surface area contributed by atoms with E-state index in [0.717, 1.165) is 6.07 Å². The number of aliphatic hydroxyl groups excluding tert-OH is 1. The van der Waals surface area contributed by atoms with Crippen LogP contribution in [-0.2, 0) is 0 Å². The van der Waals surface area contributed by atoms with Crippen LogP contribution < -0.4 is 4.74 Å². The number of aliphatic hydroxyl groups is 2. The van der Waals surface area contributed by atoms with E-state index in [4.69, 9.17) is 0 Å². The Balaban J connectivity index is 2.20. The summed E-state index contributed by atoms with van der Waals surface area (Å²) in [5.41, 5.74) is -1.56. The van der Waals surface area contributed by atoms with Crippen LogP contribution in [0.3, 0.4) is 0 Å². The van der Waals surface area contributed by atoms with Gasteiger partial charge >= 0.3 is 12.5 Å². The van der Waals surface area contributed by atoms with Crippen LogP contribution in [0.5, 0.6) is 5.75 Å². The fourth-order valence-corrected chi connectivity index (χ4v) is 2.63. The highest BCUT2D eigenvalue weighted by molar-refractivity contribution is 5.97. The maximum absolute atomic E-state index is 13.2. The molecule has 1 atom stereocenters. The molecule has 1 aromatic rings. The molecule has 0 bridgehead atoms. The largest absolute Gasteiger partial charge is 0.461 e. The zero-order chi connectivity index (χ0) is 18.7. The summed E-state index contributed by atoms with van der Waals surface area (Å²) in [6, 6.07) is 4.93. The molecule has 140 valence electrons. The van der Waals surface area contributed by atoms with Gasteiger partial charge in [-0.2, -0.15) is 17.6 Å². The first-order valence-corrected chi connectivity index (χ1v) is 7.75. The summed E-state index contributed by atoms with van der Waals surface area (Å²) in [4.78, 5) is 13.9. The average Bonchev–Trinajstić information content (AvgIpc) is 2.77. The number of nitrogens with zero attached hydrogens (tertiary/aromatic N) is 1. The van der Waals surface area contributed by atoms with Gasteiger partial charge < -0.3 is 19.8 Å². The topological polar surface area (TPSA) is 70.0 Å². The second kappa shape index (κ2) is 7.57. The van der Waals surface area contributed by atoms with Gasteiger partial charge in [-0.25, -0.2) is 0 Å². The second-order valence-electron chi connectivity index (χ2n) is 5.99. The van der Waals surface area contributed by atoms with Crippen molar-refractivity contribution in [1.29, 1.82) is 0 Å². The van der Waals surface area contributed by atoms with Gasteiger partial charge in [0.05, 0.1) is 17.8 Å². The van der Waals surface area contributed by atoms with Crippen LogP contribution in [0, 0.1) is 0 Å². The van der Waals surface area contributed by atoms with Gasteiger partial charge in [0, 0.05) is 13.1 Å². The van der Waals surface area contributed by atoms with E-state index in [1.807, 2.05) is 0 Å². The number of hydrogen-bond donors (Lipinski definition) is 2. The number of ether oxygens (including phenoxy) is 1. The zero-order valence-corrected chi connectivity index (χ0v) is 13.3. The minimum atomic E-state index is -4.72. The van der Waals surface area contributed by atoms with Gasteiger partial charge in [0.25, 0.3) is 5.91 Å². The van der Waals surface area contributed by atoms with Crippen LogP contribution in [0.15, 0.2) is 24.3 Å². The Kier molecular flexibility index (Phi) is 5.89. The lowest BCUT2D eigenvalue weighted by Crippen LogP contribution is -2.37. The molecule has 0 aliphatic carbocycles. The summed E-state index contributed by atoms with van der Waals surface area (Å²) < 4.78 is 55.1. The highest BCUT2D eigenvalue weighted by atomic mass is 19.3. The Morgan fingerprint density at radius 3 is 2.60 bits per heavy atom. The standard InChI is InChI=1S/C16H19F4NO4/c17-14(18)16(19,20)25-12-5-2-1-4-11(12)13(23)21-8-3-6-15(24,10-22)7-9-21/h1-2,4-5,14,22,24H,3,6-10H2/t15-/m1/s1. The van der Waals surface area contributed by atoms with Crippen molar-refractivity contribution in [3.8, 4) is 5.75 Å². The number of rotatable bonds is 5. The van der Waals surface area contributed by atoms with E-state index in [1.54, 1.807) is 0 Å². The highest BCUT2D eigenvalue weighted by Gasteiger charge is 2.44. The van der Waals surface area contributed by atoms with Crippen LogP contribution in [0.1, 0.15) is 29.6 Å². The number of carbonyl (C=O) groups excluding carboxylic acids is 1. The third kappa shape index (κ3) is 4.60. The minimum Gasteiger partial charge on any atom is -0.427 e. The van der Waals surface area contributed by atoms with E-state index in [0.29, 0.717) is 6.42 Å². The van der Waals surface area contributed by atoms with E-state index >= 15 is 0 Å². The predicted molar refractivity (Wildman–Crippen MR) is 79.8 cm³/mol. The maximum atomic E-state index is 13.2. The normalized spacial score (nSPS) is 22.0. The fourth-order valence-electron chi connectivity index (χ4n) is 2.63. The smallest absolute Gasteiger partial charge is 0.427 e. The number of para-hydroxylation sites is 1. The van der Waals surface area contributed by atoms with Crippen LogP contribution in [0.4, 0.5) is 17.6 Å². The molecule has 1 saturated heterocycles.